The van der Waals surface area contributed by atoms with Crippen LogP contribution in [-0.2, 0) is 11.3 Å². The highest BCUT2D eigenvalue weighted by Gasteiger charge is 2.28. The molecule has 1 atom stereocenters. The van der Waals surface area contributed by atoms with E-state index < -0.39 is 0 Å². The van der Waals surface area contributed by atoms with Gasteiger partial charge in [-0.05, 0) is 12.8 Å². The smallest absolute Gasteiger partial charge is 0.227 e. The lowest BCUT2D eigenvalue weighted by atomic mass is 10.0. The molecule has 2 N–H and O–H groups in total. The molecule has 4 heterocycles. The predicted molar refractivity (Wildman–Crippen MR) is 93.8 cm³/mol. The molecule has 8 nitrogen and oxygen atoms in total. The fourth-order valence-corrected chi connectivity index (χ4v) is 3.18. The van der Waals surface area contributed by atoms with Crippen molar-refractivity contribution in [1.82, 2.24) is 19.5 Å². The van der Waals surface area contributed by atoms with Gasteiger partial charge in [0.25, 0.3) is 0 Å². The zero-order chi connectivity index (χ0) is 17.1. The van der Waals surface area contributed by atoms with Crippen LogP contribution in [0.5, 0.6) is 0 Å². The van der Waals surface area contributed by atoms with Gasteiger partial charge in [0.1, 0.15) is 5.82 Å². The van der Waals surface area contributed by atoms with Crippen LogP contribution in [0.15, 0.2) is 24.8 Å². The lowest BCUT2D eigenvalue weighted by Crippen LogP contribution is -2.51. The van der Waals surface area contributed by atoms with Crippen LogP contribution in [0.1, 0.15) is 24.5 Å². The molecule has 8 heteroatoms. The predicted octanol–water partition coefficient (Wildman–Crippen LogP) is 0.860. The zero-order valence-electron chi connectivity index (χ0n) is 14.2. The van der Waals surface area contributed by atoms with Crippen molar-refractivity contribution in [2.24, 2.45) is 0 Å². The summed E-state index contributed by atoms with van der Waals surface area (Å²) < 4.78 is 7.57. The van der Waals surface area contributed by atoms with Crippen LogP contribution in [0.2, 0.25) is 0 Å². The second kappa shape index (κ2) is 7.37. The SMILES string of the molecule is OC1CN(c2nc(NCCCn3ccnc3)cc([C@@H]3CCOC3)n2)C1. The summed E-state index contributed by atoms with van der Waals surface area (Å²) in [6.45, 7) is 4.47. The Morgan fingerprint density at radius 2 is 2.24 bits per heavy atom. The van der Waals surface area contributed by atoms with Crippen molar-refractivity contribution >= 4 is 11.8 Å². The standard InChI is InChI=1S/C17H24N6O2/c24-14-9-23(10-14)17-20-15(13-2-7-25-11-13)8-16(21-17)19-3-1-5-22-6-4-18-12-22/h4,6,8,12-14,24H,1-3,5,7,9-11H2,(H,19,20,21)/t13-/m1/s1. The number of aliphatic hydroxyl groups excluding tert-OH is 1. The van der Waals surface area contributed by atoms with E-state index >= 15 is 0 Å². The van der Waals surface area contributed by atoms with Gasteiger partial charge < -0.3 is 24.6 Å². The fourth-order valence-electron chi connectivity index (χ4n) is 3.18. The highest BCUT2D eigenvalue weighted by Crippen LogP contribution is 2.28. The van der Waals surface area contributed by atoms with Gasteiger partial charge in [0.15, 0.2) is 0 Å². The van der Waals surface area contributed by atoms with Crippen LogP contribution in [-0.4, -0.2) is 63.6 Å². The van der Waals surface area contributed by atoms with E-state index in [1.54, 1.807) is 6.20 Å². The van der Waals surface area contributed by atoms with E-state index in [1.807, 2.05) is 23.5 Å². The molecule has 2 saturated heterocycles. The summed E-state index contributed by atoms with van der Waals surface area (Å²) in [5.74, 6) is 1.88. The van der Waals surface area contributed by atoms with Crippen LogP contribution in [0.3, 0.4) is 0 Å². The third-order valence-electron chi connectivity index (χ3n) is 4.69. The van der Waals surface area contributed by atoms with Gasteiger partial charge in [-0.1, -0.05) is 0 Å². The van der Waals surface area contributed by atoms with Crippen molar-refractivity contribution in [3.8, 4) is 0 Å². The number of aliphatic hydroxyl groups is 1. The molecule has 0 aromatic carbocycles. The van der Waals surface area contributed by atoms with E-state index in [9.17, 15) is 5.11 Å². The number of imidazole rings is 1. The van der Waals surface area contributed by atoms with Crippen molar-refractivity contribution in [1.29, 1.82) is 0 Å². The first-order valence-corrected chi connectivity index (χ1v) is 8.87. The first-order valence-electron chi connectivity index (χ1n) is 8.87. The number of rotatable bonds is 7. The van der Waals surface area contributed by atoms with E-state index in [0.29, 0.717) is 25.0 Å². The van der Waals surface area contributed by atoms with Gasteiger partial charge in [-0.15, -0.1) is 0 Å². The van der Waals surface area contributed by atoms with E-state index in [1.165, 1.54) is 0 Å². The molecular formula is C17H24N6O2. The minimum Gasteiger partial charge on any atom is -0.389 e. The first kappa shape index (κ1) is 16.3. The summed E-state index contributed by atoms with van der Waals surface area (Å²) in [4.78, 5) is 15.4. The molecule has 4 rings (SSSR count). The number of nitrogens with one attached hydrogen (secondary N) is 1. The van der Waals surface area contributed by atoms with Gasteiger partial charge in [0, 0.05) is 57.2 Å². The van der Waals surface area contributed by atoms with E-state index in [-0.39, 0.29) is 6.10 Å². The Kier molecular flexibility index (Phi) is 4.80. The Morgan fingerprint density at radius 1 is 1.32 bits per heavy atom. The number of aromatic nitrogens is 4. The average molecular weight is 344 g/mol. The van der Waals surface area contributed by atoms with Gasteiger partial charge in [-0.2, -0.15) is 4.98 Å². The summed E-state index contributed by atoms with van der Waals surface area (Å²) in [5.41, 5.74) is 1.03. The van der Waals surface area contributed by atoms with Crippen LogP contribution in [0, 0.1) is 0 Å². The molecule has 0 unspecified atom stereocenters. The number of hydrogen-bond donors (Lipinski definition) is 2. The number of anilines is 2. The van der Waals surface area contributed by atoms with Crippen molar-refractivity contribution in [2.75, 3.05) is 43.1 Å². The molecule has 2 fully saturated rings. The maximum Gasteiger partial charge on any atom is 0.227 e. The number of aryl methyl sites for hydroxylation is 1. The Balaban J connectivity index is 1.41. The second-order valence-electron chi connectivity index (χ2n) is 6.68. The third kappa shape index (κ3) is 3.91. The molecule has 0 saturated carbocycles. The van der Waals surface area contributed by atoms with Crippen molar-refractivity contribution in [3.63, 3.8) is 0 Å². The van der Waals surface area contributed by atoms with Crippen molar-refractivity contribution in [2.45, 2.75) is 31.4 Å². The molecule has 0 amide bonds. The fraction of sp³-hybridized carbons (Fsp3) is 0.588. The van der Waals surface area contributed by atoms with E-state index in [0.717, 1.165) is 50.7 Å². The van der Waals surface area contributed by atoms with Crippen LogP contribution in [0.4, 0.5) is 11.8 Å². The normalized spacial score (nSPS) is 20.7. The summed E-state index contributed by atoms with van der Waals surface area (Å²) >= 11 is 0. The highest BCUT2D eigenvalue weighted by molar-refractivity contribution is 5.46. The van der Waals surface area contributed by atoms with Crippen LogP contribution < -0.4 is 10.2 Å². The Hall–Kier alpha value is -2.19. The lowest BCUT2D eigenvalue weighted by molar-refractivity contribution is 0.140. The maximum atomic E-state index is 9.55. The van der Waals surface area contributed by atoms with Crippen LogP contribution >= 0.6 is 0 Å². The molecular weight excluding hydrogens is 320 g/mol. The molecule has 2 aliphatic heterocycles. The topological polar surface area (TPSA) is 88.3 Å². The van der Waals surface area contributed by atoms with Crippen molar-refractivity contribution < 1.29 is 9.84 Å². The minimum absolute atomic E-state index is 0.270. The lowest BCUT2D eigenvalue weighted by Gasteiger charge is -2.36. The molecule has 2 aliphatic rings. The van der Waals surface area contributed by atoms with Gasteiger partial charge in [-0.3, -0.25) is 0 Å². The molecule has 134 valence electrons. The Labute approximate surface area is 146 Å². The summed E-state index contributed by atoms with van der Waals surface area (Å²) in [6.07, 6.45) is 7.31. The number of hydrogen-bond acceptors (Lipinski definition) is 7. The molecule has 0 spiro atoms. The number of nitrogens with zero attached hydrogens (tertiary/aromatic N) is 5. The quantitative estimate of drug-likeness (QED) is 0.720. The van der Waals surface area contributed by atoms with Gasteiger partial charge in [0.2, 0.25) is 5.95 Å². The maximum absolute atomic E-state index is 9.55. The molecule has 0 bridgehead atoms. The minimum atomic E-state index is -0.270. The largest absolute Gasteiger partial charge is 0.389 e. The average Bonchev–Trinajstić information content (AvgIpc) is 3.29. The van der Waals surface area contributed by atoms with Crippen LogP contribution in [0.25, 0.3) is 0 Å². The van der Waals surface area contributed by atoms with Gasteiger partial charge in [-0.25, -0.2) is 9.97 Å². The molecule has 2 aromatic heterocycles. The monoisotopic (exact) mass is 344 g/mol. The summed E-state index contributed by atoms with van der Waals surface area (Å²) in [5, 5.41) is 13.0. The van der Waals surface area contributed by atoms with Gasteiger partial charge >= 0.3 is 0 Å². The van der Waals surface area contributed by atoms with Gasteiger partial charge in [0.05, 0.1) is 24.7 Å². The Bertz CT molecular complexity index is 680. The second-order valence-corrected chi connectivity index (χ2v) is 6.68. The molecule has 2 aromatic rings. The Morgan fingerprint density at radius 3 is 2.96 bits per heavy atom. The molecule has 0 aliphatic carbocycles. The molecule has 25 heavy (non-hydrogen) atoms. The zero-order valence-corrected chi connectivity index (χ0v) is 14.2. The van der Waals surface area contributed by atoms with E-state index in [4.69, 9.17) is 9.72 Å². The first-order chi connectivity index (χ1) is 12.3. The number of β-amino-alcohol motifs (C(OH)–C–C–N with tert-alkyl or cyclic N) is 1. The summed E-state index contributed by atoms with van der Waals surface area (Å²) in [7, 11) is 0. The highest BCUT2D eigenvalue weighted by atomic mass is 16.5. The number of ether oxygens (including phenoxy) is 1. The summed E-state index contributed by atoms with van der Waals surface area (Å²) in [6, 6.07) is 2.04. The molecule has 0 radical (unpaired) electrons. The van der Waals surface area contributed by atoms with E-state index in [2.05, 4.69) is 19.9 Å². The van der Waals surface area contributed by atoms with Crippen molar-refractivity contribution in [3.05, 3.63) is 30.5 Å². The third-order valence-corrected chi connectivity index (χ3v) is 4.69.